The average Bonchev–Trinajstić information content (AvgIpc) is 3.27. The smallest absolute Gasteiger partial charge is 0.315 e. The van der Waals surface area contributed by atoms with E-state index < -0.39 is 41.1 Å². The van der Waals surface area contributed by atoms with Crippen LogP contribution < -0.4 is 21.3 Å². The third-order valence-electron chi connectivity index (χ3n) is 11.7. The van der Waals surface area contributed by atoms with E-state index in [9.17, 15) is 24.0 Å². The van der Waals surface area contributed by atoms with E-state index in [0.29, 0.717) is 37.1 Å². The summed E-state index contributed by atoms with van der Waals surface area (Å²) in [5, 5.41) is 11.8. The number of allylic oxidation sites excluding steroid dienone is 1. The van der Waals surface area contributed by atoms with Gasteiger partial charge in [0.2, 0.25) is 17.6 Å². The average molecular weight is 638 g/mol. The van der Waals surface area contributed by atoms with Gasteiger partial charge in [-0.2, -0.15) is 0 Å². The summed E-state index contributed by atoms with van der Waals surface area (Å²) in [5.41, 5.74) is -0.968. The molecule has 0 spiro atoms. The fraction of sp³-hybridized carbons (Fsp3) is 0.750. The van der Waals surface area contributed by atoms with Crippen molar-refractivity contribution in [3.05, 3.63) is 25.3 Å². The number of carbonyl (C=O) groups is 5. The van der Waals surface area contributed by atoms with Gasteiger partial charge >= 0.3 is 6.03 Å². The number of urea groups is 1. The molecule has 10 nitrogen and oxygen atoms in total. The number of Topliss-reactive ketones (excluding diaryl/α,β-unsaturated/α-hetero) is 1. The fourth-order valence-electron chi connectivity index (χ4n) is 9.64. The van der Waals surface area contributed by atoms with Gasteiger partial charge in [0.15, 0.2) is 0 Å². The number of fused-ring (bicyclic) bond motifs is 1. The molecule has 0 aromatic rings. The zero-order valence-electron chi connectivity index (χ0n) is 28.5. The van der Waals surface area contributed by atoms with Gasteiger partial charge in [-0.1, -0.05) is 46.8 Å². The largest absolute Gasteiger partial charge is 0.349 e. The molecule has 6 aliphatic rings. The number of likely N-dealkylation sites (tertiary alicyclic amines) is 1. The highest BCUT2D eigenvalue weighted by molar-refractivity contribution is 6.38. The monoisotopic (exact) mass is 637 g/mol. The van der Waals surface area contributed by atoms with Crippen molar-refractivity contribution >= 4 is 29.5 Å². The minimum absolute atomic E-state index is 0.0884. The molecule has 10 heteroatoms. The molecule has 5 saturated carbocycles. The first-order valence-electron chi connectivity index (χ1n) is 17.3. The van der Waals surface area contributed by atoms with Gasteiger partial charge in [-0.05, 0) is 98.2 Å². The third kappa shape index (κ3) is 6.77. The van der Waals surface area contributed by atoms with E-state index in [1.54, 1.807) is 17.1 Å². The van der Waals surface area contributed by atoms with E-state index in [0.717, 1.165) is 19.3 Å². The predicted octanol–water partition coefficient (Wildman–Crippen LogP) is 3.86. The molecule has 46 heavy (non-hydrogen) atoms. The quantitative estimate of drug-likeness (QED) is 0.138. The Bertz CT molecular complexity index is 1230. The van der Waals surface area contributed by atoms with Gasteiger partial charge in [-0.25, -0.2) is 4.79 Å². The maximum absolute atomic E-state index is 14.4. The molecule has 5 atom stereocenters. The second kappa shape index (κ2) is 12.8. The summed E-state index contributed by atoms with van der Waals surface area (Å²) >= 11 is 0. The first-order chi connectivity index (χ1) is 21.6. The Morgan fingerprint density at radius 2 is 1.50 bits per heavy atom. The molecule has 0 unspecified atom stereocenters. The number of hydrogen-bond acceptors (Lipinski definition) is 5. The van der Waals surface area contributed by atoms with Crippen LogP contribution in [0.1, 0.15) is 92.4 Å². The number of rotatable bonds is 13. The molecule has 1 aliphatic heterocycles. The molecule has 1 heterocycles. The SMILES string of the molecule is C=CCCNC(=O)C(=O)[C@H](CCC=C)NC(=O)[C@@H]1[C@@H]2[C@H](CN1C(=O)[C@@H](NC(=O)NC13CC4CC(CC(C4)C1)C3)C(C)(C)C)C2(C)C. The second-order valence-electron chi connectivity index (χ2n) is 16.6. The van der Waals surface area contributed by atoms with Gasteiger partial charge in [-0.3, -0.25) is 19.2 Å². The lowest BCUT2D eigenvalue weighted by Crippen LogP contribution is -2.65. The van der Waals surface area contributed by atoms with Gasteiger partial charge in [-0.15, -0.1) is 13.2 Å². The highest BCUT2D eigenvalue weighted by Crippen LogP contribution is 2.65. The molecular formula is C36H55N5O5. The number of amides is 5. The van der Waals surface area contributed by atoms with E-state index in [4.69, 9.17) is 0 Å². The summed E-state index contributed by atoms with van der Waals surface area (Å²) in [6.07, 6.45) is 11.3. The standard InChI is InChI=1S/C36H55N5O5/c1-8-10-12-25(28(42)31(44)37-13-11-9-2)38-30(43)27-26-24(35(26,6)7)20-41(27)32(45)29(34(3,4)5)39-33(46)40-36-17-21-14-22(18-36)16-23(15-21)19-36/h8-9,21-27,29H,1-2,10-20H2,3-7H3,(H,37,44)(H,38,43)(H2,39,40,46)/t21?,22?,23?,24-,25-,26-,27-,29+,36?/m0/s1. The van der Waals surface area contributed by atoms with Crippen molar-refractivity contribution in [3.63, 3.8) is 0 Å². The van der Waals surface area contributed by atoms with Crippen LogP contribution in [0, 0.1) is 40.4 Å². The maximum Gasteiger partial charge on any atom is 0.315 e. The lowest BCUT2D eigenvalue weighted by atomic mass is 9.53. The van der Waals surface area contributed by atoms with E-state index in [2.05, 4.69) is 48.3 Å². The minimum Gasteiger partial charge on any atom is -0.349 e. The number of hydrogen-bond donors (Lipinski definition) is 4. The molecule has 0 radical (unpaired) electrons. The molecule has 1 saturated heterocycles. The van der Waals surface area contributed by atoms with Crippen LogP contribution in [0.5, 0.6) is 0 Å². The lowest BCUT2D eigenvalue weighted by Gasteiger charge is -2.56. The summed E-state index contributed by atoms with van der Waals surface area (Å²) < 4.78 is 0. The molecule has 5 aliphatic carbocycles. The van der Waals surface area contributed by atoms with Crippen molar-refractivity contribution in [1.82, 2.24) is 26.2 Å². The van der Waals surface area contributed by atoms with Crippen molar-refractivity contribution in [1.29, 1.82) is 0 Å². The summed E-state index contributed by atoms with van der Waals surface area (Å²) in [4.78, 5) is 69.4. The molecule has 4 bridgehead atoms. The van der Waals surface area contributed by atoms with Gasteiger partial charge < -0.3 is 26.2 Å². The van der Waals surface area contributed by atoms with Gasteiger partial charge in [0.1, 0.15) is 12.1 Å². The summed E-state index contributed by atoms with van der Waals surface area (Å²) in [6.45, 7) is 18.0. The number of ketones is 1. The second-order valence-corrected chi connectivity index (χ2v) is 16.6. The van der Waals surface area contributed by atoms with Crippen molar-refractivity contribution < 1.29 is 24.0 Å². The number of carbonyl (C=O) groups excluding carboxylic acids is 5. The lowest BCUT2D eigenvalue weighted by molar-refractivity contribution is -0.145. The molecule has 6 rings (SSSR count). The highest BCUT2D eigenvalue weighted by Gasteiger charge is 2.70. The van der Waals surface area contributed by atoms with Crippen LogP contribution in [0.4, 0.5) is 4.79 Å². The van der Waals surface area contributed by atoms with Crippen LogP contribution in [0.25, 0.3) is 0 Å². The number of piperidine rings is 1. The zero-order valence-corrected chi connectivity index (χ0v) is 28.5. The Morgan fingerprint density at radius 1 is 0.913 bits per heavy atom. The highest BCUT2D eigenvalue weighted by atomic mass is 16.2. The van der Waals surface area contributed by atoms with E-state index >= 15 is 0 Å². The molecule has 6 fully saturated rings. The van der Waals surface area contributed by atoms with Crippen molar-refractivity contribution in [2.45, 2.75) is 116 Å². The van der Waals surface area contributed by atoms with Crippen LogP contribution in [0.15, 0.2) is 25.3 Å². The predicted molar refractivity (Wildman–Crippen MR) is 176 cm³/mol. The van der Waals surface area contributed by atoms with Crippen LogP contribution in [0.3, 0.4) is 0 Å². The topological polar surface area (TPSA) is 137 Å². The summed E-state index contributed by atoms with van der Waals surface area (Å²) in [6, 6.07) is -3.03. The maximum atomic E-state index is 14.4. The fourth-order valence-corrected chi connectivity index (χ4v) is 9.64. The normalized spacial score (nSPS) is 32.8. The van der Waals surface area contributed by atoms with Crippen LogP contribution in [0.2, 0.25) is 0 Å². The van der Waals surface area contributed by atoms with Crippen molar-refractivity contribution in [3.8, 4) is 0 Å². The zero-order chi connectivity index (χ0) is 33.6. The third-order valence-corrected chi connectivity index (χ3v) is 11.7. The number of nitrogens with zero attached hydrogens (tertiary/aromatic N) is 1. The van der Waals surface area contributed by atoms with Crippen LogP contribution >= 0.6 is 0 Å². The Labute approximate surface area is 274 Å². The molecule has 4 N–H and O–H groups in total. The Morgan fingerprint density at radius 3 is 2.04 bits per heavy atom. The Balaban J connectivity index is 1.30. The summed E-state index contributed by atoms with van der Waals surface area (Å²) in [7, 11) is 0. The van der Waals surface area contributed by atoms with E-state index in [1.807, 2.05) is 20.8 Å². The number of nitrogens with one attached hydrogen (secondary N) is 4. The molecule has 0 aromatic carbocycles. The minimum atomic E-state index is -1.05. The van der Waals surface area contributed by atoms with E-state index in [1.165, 1.54) is 19.3 Å². The van der Waals surface area contributed by atoms with E-state index in [-0.39, 0.29) is 47.7 Å². The van der Waals surface area contributed by atoms with Crippen LogP contribution in [-0.4, -0.2) is 71.2 Å². The summed E-state index contributed by atoms with van der Waals surface area (Å²) in [5.74, 6) is -0.180. The van der Waals surface area contributed by atoms with Gasteiger partial charge in [0.05, 0.1) is 6.04 Å². The Kier molecular flexibility index (Phi) is 9.50. The first-order valence-corrected chi connectivity index (χ1v) is 17.3. The van der Waals surface area contributed by atoms with Crippen molar-refractivity contribution in [2.24, 2.45) is 40.4 Å². The van der Waals surface area contributed by atoms with Crippen molar-refractivity contribution in [2.75, 3.05) is 13.1 Å². The Hall–Kier alpha value is -3.17. The first kappa shape index (κ1) is 34.2. The molecule has 5 amide bonds. The molecule has 254 valence electrons. The molecular weight excluding hydrogens is 582 g/mol. The van der Waals surface area contributed by atoms with Gasteiger partial charge in [0, 0.05) is 18.6 Å². The van der Waals surface area contributed by atoms with Crippen LogP contribution in [-0.2, 0) is 19.2 Å². The molecule has 0 aromatic heterocycles. The van der Waals surface area contributed by atoms with Gasteiger partial charge in [0.25, 0.3) is 5.91 Å².